The fourth-order valence-corrected chi connectivity index (χ4v) is 3.14. The van der Waals surface area contributed by atoms with Crippen molar-refractivity contribution in [2.24, 2.45) is 5.14 Å². The van der Waals surface area contributed by atoms with Crippen LogP contribution in [0.5, 0.6) is 0 Å². The van der Waals surface area contributed by atoms with Crippen LogP contribution in [0, 0.1) is 11.6 Å². The van der Waals surface area contributed by atoms with Gasteiger partial charge in [0.05, 0.1) is 11.3 Å². The lowest BCUT2D eigenvalue weighted by atomic mass is 10.3. The molecule has 0 fully saturated rings. The van der Waals surface area contributed by atoms with E-state index < -0.39 is 40.1 Å². The number of nitrogens with one attached hydrogen (secondary N) is 1. The van der Waals surface area contributed by atoms with Gasteiger partial charge in [0.2, 0.25) is 10.0 Å². The highest BCUT2D eigenvalue weighted by Gasteiger charge is 2.17. The number of esters is 1. The fourth-order valence-electron chi connectivity index (χ4n) is 1.56. The van der Waals surface area contributed by atoms with Crippen LogP contribution in [0.15, 0.2) is 33.9 Å². The molecule has 0 atom stereocenters. The molecule has 0 aliphatic carbocycles. The maximum Gasteiger partial charge on any atom is 0.339 e. The predicted molar refractivity (Wildman–Crippen MR) is 81.0 cm³/mol. The van der Waals surface area contributed by atoms with Crippen molar-refractivity contribution in [3.63, 3.8) is 0 Å². The summed E-state index contributed by atoms with van der Waals surface area (Å²) in [5.74, 6) is -3.59. The molecule has 0 spiro atoms. The summed E-state index contributed by atoms with van der Waals surface area (Å²) < 4.78 is 52.8. The highest BCUT2D eigenvalue weighted by atomic mass is 32.2. The number of thiophene rings is 1. The Morgan fingerprint density at radius 3 is 2.54 bits per heavy atom. The SMILES string of the molecule is NS(=O)(=O)c1cc(C(=O)OCC(=O)Nc2ccc(F)cc2F)cs1. The average Bonchev–Trinajstić information content (AvgIpc) is 2.98. The summed E-state index contributed by atoms with van der Waals surface area (Å²) in [5.41, 5.74) is -0.366. The number of hydrogen-bond donors (Lipinski definition) is 2. The van der Waals surface area contributed by atoms with Gasteiger partial charge in [0.25, 0.3) is 5.91 Å². The van der Waals surface area contributed by atoms with Crippen LogP contribution in [0.4, 0.5) is 14.5 Å². The van der Waals surface area contributed by atoms with Gasteiger partial charge in [-0.3, -0.25) is 4.79 Å². The Morgan fingerprint density at radius 1 is 1.25 bits per heavy atom. The van der Waals surface area contributed by atoms with E-state index in [-0.39, 0.29) is 15.5 Å². The average molecular weight is 376 g/mol. The zero-order valence-corrected chi connectivity index (χ0v) is 13.4. The molecule has 24 heavy (non-hydrogen) atoms. The van der Waals surface area contributed by atoms with Gasteiger partial charge in [-0.15, -0.1) is 11.3 Å². The molecule has 128 valence electrons. The van der Waals surface area contributed by atoms with Crippen LogP contribution >= 0.6 is 11.3 Å². The zero-order valence-electron chi connectivity index (χ0n) is 11.8. The summed E-state index contributed by atoms with van der Waals surface area (Å²) >= 11 is 0.726. The Labute approximate surface area is 139 Å². The first-order valence-corrected chi connectivity index (χ1v) is 8.63. The number of ether oxygens (including phenoxy) is 1. The van der Waals surface area contributed by atoms with E-state index in [1.165, 1.54) is 5.38 Å². The van der Waals surface area contributed by atoms with Crippen molar-refractivity contribution in [2.75, 3.05) is 11.9 Å². The molecule has 1 amide bonds. The second kappa shape index (κ2) is 7.03. The summed E-state index contributed by atoms with van der Waals surface area (Å²) in [6, 6.07) is 3.56. The standard InChI is InChI=1S/C13H10F2N2O5S2/c14-8-1-2-10(9(15)4-8)17-11(18)5-22-13(19)7-3-12(23-6-7)24(16,20)21/h1-4,6H,5H2,(H,17,18)(H2,16,20,21). The van der Waals surface area contributed by atoms with Crippen LogP contribution in [-0.4, -0.2) is 26.9 Å². The van der Waals surface area contributed by atoms with Crippen LogP contribution < -0.4 is 10.5 Å². The summed E-state index contributed by atoms with van der Waals surface area (Å²) in [4.78, 5) is 23.3. The first kappa shape index (κ1) is 18.0. The number of rotatable bonds is 5. The van der Waals surface area contributed by atoms with Gasteiger partial charge in [-0.1, -0.05) is 0 Å². The quantitative estimate of drug-likeness (QED) is 0.767. The summed E-state index contributed by atoms with van der Waals surface area (Å²) in [7, 11) is -3.94. The number of primary sulfonamides is 1. The minimum absolute atomic E-state index is 0.0928. The molecule has 11 heteroatoms. The number of sulfonamides is 1. The van der Waals surface area contributed by atoms with E-state index in [1.54, 1.807) is 0 Å². The number of anilines is 1. The number of carbonyl (C=O) groups is 2. The number of benzene rings is 1. The minimum Gasteiger partial charge on any atom is -0.452 e. The maximum atomic E-state index is 13.4. The van der Waals surface area contributed by atoms with Crippen LogP contribution in [0.1, 0.15) is 10.4 Å². The molecule has 3 N–H and O–H groups in total. The highest BCUT2D eigenvalue weighted by Crippen LogP contribution is 2.19. The van der Waals surface area contributed by atoms with Crippen LogP contribution in [0.25, 0.3) is 0 Å². The molecular weight excluding hydrogens is 366 g/mol. The van der Waals surface area contributed by atoms with Crippen molar-refractivity contribution in [2.45, 2.75) is 4.21 Å². The third kappa shape index (κ3) is 4.57. The predicted octanol–water partition coefficient (Wildman–Crippen LogP) is 1.47. The largest absolute Gasteiger partial charge is 0.452 e. The summed E-state index contributed by atoms with van der Waals surface area (Å²) in [5, 5.41) is 8.22. The van der Waals surface area contributed by atoms with Gasteiger partial charge in [-0.05, 0) is 18.2 Å². The Kier molecular flexibility index (Phi) is 5.26. The Balaban J connectivity index is 1.94. The van der Waals surface area contributed by atoms with Gasteiger partial charge in [-0.2, -0.15) is 0 Å². The van der Waals surface area contributed by atoms with Crippen molar-refractivity contribution < 1.29 is 31.5 Å². The Bertz CT molecular complexity index is 896. The van der Waals surface area contributed by atoms with E-state index in [0.717, 1.165) is 29.5 Å². The second-order valence-electron chi connectivity index (χ2n) is 4.45. The lowest BCUT2D eigenvalue weighted by Gasteiger charge is -2.07. The molecule has 0 radical (unpaired) electrons. The molecule has 0 bridgehead atoms. The van der Waals surface area contributed by atoms with Gasteiger partial charge >= 0.3 is 5.97 Å². The Hall–Kier alpha value is -2.37. The topological polar surface area (TPSA) is 116 Å². The molecule has 0 aliphatic heterocycles. The van der Waals surface area contributed by atoms with E-state index in [2.05, 4.69) is 10.1 Å². The molecule has 7 nitrogen and oxygen atoms in total. The summed E-state index contributed by atoms with van der Waals surface area (Å²) in [6.45, 7) is -0.740. The molecule has 0 aliphatic rings. The molecule has 1 aromatic carbocycles. The lowest BCUT2D eigenvalue weighted by Crippen LogP contribution is -2.21. The molecule has 2 rings (SSSR count). The summed E-state index contributed by atoms with van der Waals surface area (Å²) in [6.07, 6.45) is 0. The van der Waals surface area contributed by atoms with Gasteiger partial charge in [-0.25, -0.2) is 27.1 Å². The maximum absolute atomic E-state index is 13.4. The van der Waals surface area contributed by atoms with E-state index in [1.807, 2.05) is 0 Å². The van der Waals surface area contributed by atoms with Gasteiger partial charge in [0, 0.05) is 11.4 Å². The van der Waals surface area contributed by atoms with Crippen molar-refractivity contribution in [1.82, 2.24) is 0 Å². The van der Waals surface area contributed by atoms with Crippen LogP contribution in [0.3, 0.4) is 0 Å². The molecule has 0 saturated heterocycles. The number of amides is 1. The van der Waals surface area contributed by atoms with E-state index in [0.29, 0.717) is 6.07 Å². The fraction of sp³-hybridized carbons (Fsp3) is 0.0769. The smallest absolute Gasteiger partial charge is 0.339 e. The highest BCUT2D eigenvalue weighted by molar-refractivity contribution is 7.91. The third-order valence-corrected chi connectivity index (χ3v) is 5.02. The van der Waals surface area contributed by atoms with Crippen molar-refractivity contribution in [3.8, 4) is 0 Å². The lowest BCUT2D eigenvalue weighted by molar-refractivity contribution is -0.119. The number of nitrogens with two attached hydrogens (primary N) is 1. The number of halogens is 2. The molecule has 1 aromatic heterocycles. The number of carbonyl (C=O) groups excluding carboxylic acids is 2. The van der Waals surface area contributed by atoms with Crippen LogP contribution in [0.2, 0.25) is 0 Å². The molecule has 0 saturated carbocycles. The van der Waals surface area contributed by atoms with Crippen molar-refractivity contribution in [1.29, 1.82) is 0 Å². The first-order chi connectivity index (χ1) is 11.2. The molecule has 2 aromatic rings. The van der Waals surface area contributed by atoms with E-state index in [4.69, 9.17) is 5.14 Å². The normalized spacial score (nSPS) is 11.1. The van der Waals surface area contributed by atoms with Gasteiger partial charge in [0.15, 0.2) is 6.61 Å². The molecule has 0 unspecified atom stereocenters. The first-order valence-electron chi connectivity index (χ1n) is 6.20. The molecule has 1 heterocycles. The van der Waals surface area contributed by atoms with Crippen molar-refractivity contribution >= 4 is 38.9 Å². The second-order valence-corrected chi connectivity index (χ2v) is 7.15. The zero-order chi connectivity index (χ0) is 17.9. The van der Waals surface area contributed by atoms with Gasteiger partial charge < -0.3 is 10.1 Å². The van der Waals surface area contributed by atoms with Crippen LogP contribution in [-0.2, 0) is 19.6 Å². The monoisotopic (exact) mass is 376 g/mol. The Morgan fingerprint density at radius 2 is 1.96 bits per heavy atom. The minimum atomic E-state index is -3.94. The van der Waals surface area contributed by atoms with E-state index in [9.17, 15) is 26.8 Å². The third-order valence-electron chi connectivity index (χ3n) is 2.63. The van der Waals surface area contributed by atoms with Crippen molar-refractivity contribution in [3.05, 3.63) is 46.8 Å². The van der Waals surface area contributed by atoms with E-state index >= 15 is 0 Å². The number of hydrogen-bond acceptors (Lipinski definition) is 6. The van der Waals surface area contributed by atoms with Gasteiger partial charge in [0.1, 0.15) is 15.8 Å². The molecular formula is C13H10F2N2O5S2.